The molecule has 1 aromatic rings. The van der Waals surface area contributed by atoms with Crippen LogP contribution < -0.4 is 5.32 Å². The summed E-state index contributed by atoms with van der Waals surface area (Å²) in [5.74, 6) is 1.49. The van der Waals surface area contributed by atoms with Gasteiger partial charge in [0.2, 0.25) is 0 Å². The largest absolute Gasteiger partial charge is 0.370 e. The fraction of sp³-hybridized carbons (Fsp3) is 0.571. The third-order valence-electron chi connectivity index (χ3n) is 3.48. The van der Waals surface area contributed by atoms with Crippen LogP contribution in [0, 0.1) is 5.92 Å². The zero-order valence-corrected chi connectivity index (χ0v) is 11.1. The van der Waals surface area contributed by atoms with Gasteiger partial charge in [-0.3, -0.25) is 4.79 Å². The summed E-state index contributed by atoms with van der Waals surface area (Å²) < 4.78 is 0. The smallest absolute Gasteiger partial charge is 0.272 e. The van der Waals surface area contributed by atoms with E-state index in [0.29, 0.717) is 11.6 Å². The normalized spacial score (nSPS) is 19.0. The summed E-state index contributed by atoms with van der Waals surface area (Å²) in [6.45, 7) is 6.75. The van der Waals surface area contributed by atoms with Crippen LogP contribution in [0.1, 0.15) is 37.2 Å². The van der Waals surface area contributed by atoms with Crippen LogP contribution >= 0.6 is 0 Å². The number of aromatic nitrogens is 1. The van der Waals surface area contributed by atoms with E-state index in [4.69, 9.17) is 0 Å². The molecule has 0 saturated carbocycles. The number of carbonyl (C=O) groups excluding carboxylic acids is 1. The van der Waals surface area contributed by atoms with Gasteiger partial charge in [-0.15, -0.1) is 0 Å². The van der Waals surface area contributed by atoms with Gasteiger partial charge in [0.25, 0.3) is 5.91 Å². The number of hydrogen-bond acceptors (Lipinski definition) is 3. The van der Waals surface area contributed by atoms with Crippen LogP contribution in [0.2, 0.25) is 0 Å². The summed E-state index contributed by atoms with van der Waals surface area (Å²) in [6.07, 6.45) is 2.27. The molecule has 4 nitrogen and oxygen atoms in total. The Morgan fingerprint density at radius 1 is 1.50 bits per heavy atom. The van der Waals surface area contributed by atoms with E-state index >= 15 is 0 Å². The number of nitrogens with one attached hydrogen (secondary N) is 1. The third-order valence-corrected chi connectivity index (χ3v) is 3.48. The summed E-state index contributed by atoms with van der Waals surface area (Å²) in [6, 6.07) is 5.56. The number of carbonyl (C=O) groups is 1. The van der Waals surface area contributed by atoms with Crippen molar-refractivity contribution in [3.05, 3.63) is 23.9 Å². The standard InChI is InChI=1S/C14H21N3O/c1-3-11-8-9-17(10-11)14(18)12-6-5-7-13(16-12)15-4-2/h5-7,11H,3-4,8-10H2,1-2H3,(H,15,16). The van der Waals surface area contributed by atoms with Crippen molar-refractivity contribution >= 4 is 11.7 Å². The first-order chi connectivity index (χ1) is 8.74. The minimum absolute atomic E-state index is 0.0608. The maximum Gasteiger partial charge on any atom is 0.272 e. The number of hydrogen-bond donors (Lipinski definition) is 1. The van der Waals surface area contributed by atoms with E-state index in [1.807, 2.05) is 24.0 Å². The molecule has 98 valence electrons. The van der Waals surface area contributed by atoms with E-state index in [1.54, 1.807) is 6.07 Å². The first-order valence-electron chi connectivity index (χ1n) is 6.74. The number of rotatable bonds is 4. The number of nitrogens with zero attached hydrogens (tertiary/aromatic N) is 2. The van der Waals surface area contributed by atoms with Gasteiger partial charge >= 0.3 is 0 Å². The summed E-state index contributed by atoms with van der Waals surface area (Å²) in [7, 11) is 0. The highest BCUT2D eigenvalue weighted by molar-refractivity contribution is 5.92. The number of anilines is 1. The van der Waals surface area contributed by atoms with E-state index in [9.17, 15) is 4.79 Å². The van der Waals surface area contributed by atoms with Gasteiger partial charge < -0.3 is 10.2 Å². The van der Waals surface area contributed by atoms with Gasteiger partial charge in [0, 0.05) is 19.6 Å². The SMILES string of the molecule is CCNc1cccc(C(=O)N2CCC(CC)C2)n1. The van der Waals surface area contributed by atoms with E-state index < -0.39 is 0 Å². The zero-order valence-electron chi connectivity index (χ0n) is 11.1. The first kappa shape index (κ1) is 12.9. The highest BCUT2D eigenvalue weighted by atomic mass is 16.2. The molecule has 1 N–H and O–H groups in total. The number of amides is 1. The van der Waals surface area contributed by atoms with Crippen molar-refractivity contribution in [2.24, 2.45) is 5.92 Å². The molecule has 2 rings (SSSR count). The molecule has 1 aliphatic heterocycles. The first-order valence-corrected chi connectivity index (χ1v) is 6.74. The van der Waals surface area contributed by atoms with Crippen LogP contribution in [0.3, 0.4) is 0 Å². The second-order valence-corrected chi connectivity index (χ2v) is 4.75. The molecule has 4 heteroatoms. The van der Waals surface area contributed by atoms with E-state index in [-0.39, 0.29) is 5.91 Å². The van der Waals surface area contributed by atoms with Crippen molar-refractivity contribution in [1.29, 1.82) is 0 Å². The molecule has 1 amide bonds. The predicted octanol–water partition coefficient (Wildman–Crippen LogP) is 2.39. The summed E-state index contributed by atoms with van der Waals surface area (Å²) in [5.41, 5.74) is 0.546. The topological polar surface area (TPSA) is 45.2 Å². The summed E-state index contributed by atoms with van der Waals surface area (Å²) >= 11 is 0. The van der Waals surface area contributed by atoms with Crippen molar-refractivity contribution in [2.75, 3.05) is 25.0 Å². The van der Waals surface area contributed by atoms with Gasteiger partial charge in [0.15, 0.2) is 0 Å². The summed E-state index contributed by atoms with van der Waals surface area (Å²) in [5, 5.41) is 3.13. The van der Waals surface area contributed by atoms with Crippen LogP contribution in [0.5, 0.6) is 0 Å². The molecule has 1 unspecified atom stereocenters. The Balaban J connectivity index is 2.07. The zero-order chi connectivity index (χ0) is 13.0. The highest BCUT2D eigenvalue weighted by Crippen LogP contribution is 2.20. The van der Waals surface area contributed by atoms with Gasteiger partial charge in [-0.2, -0.15) is 0 Å². The fourth-order valence-corrected chi connectivity index (χ4v) is 2.35. The molecule has 0 bridgehead atoms. The van der Waals surface area contributed by atoms with Crippen LogP contribution in [0.15, 0.2) is 18.2 Å². The van der Waals surface area contributed by atoms with Gasteiger partial charge in [0.1, 0.15) is 11.5 Å². The van der Waals surface area contributed by atoms with Crippen molar-refractivity contribution in [3.8, 4) is 0 Å². The molecule has 0 radical (unpaired) electrons. The Morgan fingerprint density at radius 3 is 3.00 bits per heavy atom. The molecule has 2 heterocycles. The highest BCUT2D eigenvalue weighted by Gasteiger charge is 2.26. The van der Waals surface area contributed by atoms with Crippen LogP contribution in [-0.2, 0) is 0 Å². The van der Waals surface area contributed by atoms with Crippen molar-refractivity contribution in [1.82, 2.24) is 9.88 Å². The molecule has 1 aliphatic rings. The van der Waals surface area contributed by atoms with Crippen LogP contribution in [-0.4, -0.2) is 35.4 Å². The quantitative estimate of drug-likeness (QED) is 0.888. The molecule has 18 heavy (non-hydrogen) atoms. The van der Waals surface area contributed by atoms with Gasteiger partial charge in [-0.05, 0) is 31.4 Å². The van der Waals surface area contributed by atoms with Crippen molar-refractivity contribution < 1.29 is 4.79 Å². The molecule has 1 aromatic heterocycles. The third kappa shape index (κ3) is 2.81. The Kier molecular flexibility index (Phi) is 4.18. The van der Waals surface area contributed by atoms with E-state index in [2.05, 4.69) is 17.2 Å². The van der Waals surface area contributed by atoms with Crippen LogP contribution in [0.25, 0.3) is 0 Å². The molecule has 0 aliphatic carbocycles. The van der Waals surface area contributed by atoms with Gasteiger partial charge in [-0.1, -0.05) is 19.4 Å². The van der Waals surface area contributed by atoms with Crippen molar-refractivity contribution in [3.63, 3.8) is 0 Å². The number of pyridine rings is 1. The van der Waals surface area contributed by atoms with Crippen molar-refractivity contribution in [2.45, 2.75) is 26.7 Å². The molecule has 1 atom stereocenters. The Bertz CT molecular complexity index is 419. The Labute approximate surface area is 108 Å². The Morgan fingerprint density at radius 2 is 2.33 bits per heavy atom. The average Bonchev–Trinajstić information content (AvgIpc) is 2.87. The molecule has 1 saturated heterocycles. The van der Waals surface area contributed by atoms with Gasteiger partial charge in [0.05, 0.1) is 0 Å². The Hall–Kier alpha value is -1.58. The monoisotopic (exact) mass is 247 g/mol. The maximum atomic E-state index is 12.3. The predicted molar refractivity (Wildman–Crippen MR) is 72.7 cm³/mol. The lowest BCUT2D eigenvalue weighted by Crippen LogP contribution is -2.29. The van der Waals surface area contributed by atoms with E-state index in [0.717, 1.165) is 38.3 Å². The average molecular weight is 247 g/mol. The molecule has 1 fully saturated rings. The minimum Gasteiger partial charge on any atom is -0.370 e. The fourth-order valence-electron chi connectivity index (χ4n) is 2.35. The number of likely N-dealkylation sites (tertiary alicyclic amines) is 1. The lowest BCUT2D eigenvalue weighted by Gasteiger charge is -2.16. The molecular formula is C14H21N3O. The summed E-state index contributed by atoms with van der Waals surface area (Å²) in [4.78, 5) is 18.6. The lowest BCUT2D eigenvalue weighted by molar-refractivity contribution is 0.0781. The van der Waals surface area contributed by atoms with Crippen LogP contribution in [0.4, 0.5) is 5.82 Å². The second-order valence-electron chi connectivity index (χ2n) is 4.75. The lowest BCUT2D eigenvalue weighted by atomic mass is 10.1. The molecule has 0 aromatic carbocycles. The van der Waals surface area contributed by atoms with Gasteiger partial charge in [-0.25, -0.2) is 4.98 Å². The maximum absolute atomic E-state index is 12.3. The molecule has 0 spiro atoms. The second kappa shape index (κ2) is 5.85. The minimum atomic E-state index is 0.0608. The van der Waals surface area contributed by atoms with E-state index in [1.165, 1.54) is 0 Å². The molecular weight excluding hydrogens is 226 g/mol.